The number of carbonyl (C=O) groups excluding carboxylic acids is 1. The van der Waals surface area contributed by atoms with E-state index in [1.165, 1.54) is 18.4 Å². The quantitative estimate of drug-likeness (QED) is 0.877. The topological polar surface area (TPSA) is 66.4 Å². The predicted octanol–water partition coefficient (Wildman–Crippen LogP) is 4.00. The van der Waals surface area contributed by atoms with Crippen molar-refractivity contribution in [2.45, 2.75) is 31.6 Å². The van der Waals surface area contributed by atoms with Gasteiger partial charge in [0, 0.05) is 11.3 Å². The number of hydrogen-bond donors (Lipinski definition) is 2. The molecule has 0 aromatic heterocycles. The van der Waals surface area contributed by atoms with E-state index in [0.29, 0.717) is 22.7 Å². The molecule has 1 aliphatic rings. The molecule has 4 heteroatoms. The minimum Gasteiger partial charge on any atom is -0.481 e. The third kappa shape index (κ3) is 3.59. The van der Waals surface area contributed by atoms with Gasteiger partial charge in [0.2, 0.25) is 0 Å². The molecule has 2 aromatic carbocycles. The molecule has 1 atom stereocenters. The number of nitrogens with one attached hydrogen (secondary N) is 1. The Balaban J connectivity index is 1.76. The Kier molecular flexibility index (Phi) is 4.15. The van der Waals surface area contributed by atoms with Crippen LogP contribution in [0.15, 0.2) is 48.5 Å². The van der Waals surface area contributed by atoms with Gasteiger partial charge in [0.05, 0.1) is 5.92 Å². The van der Waals surface area contributed by atoms with Gasteiger partial charge >= 0.3 is 5.97 Å². The molecule has 1 unspecified atom stereocenters. The molecular formula is C19H19NO3. The molecule has 1 fully saturated rings. The van der Waals surface area contributed by atoms with E-state index < -0.39 is 11.9 Å². The maximum Gasteiger partial charge on any atom is 0.310 e. The Morgan fingerprint density at radius 3 is 2.57 bits per heavy atom. The van der Waals surface area contributed by atoms with Gasteiger partial charge in [-0.05, 0) is 61.1 Å². The maximum atomic E-state index is 12.4. The summed E-state index contributed by atoms with van der Waals surface area (Å²) >= 11 is 0. The number of amides is 1. The Morgan fingerprint density at radius 1 is 1.13 bits per heavy atom. The highest BCUT2D eigenvalue weighted by atomic mass is 16.4. The summed E-state index contributed by atoms with van der Waals surface area (Å²) in [5.41, 5.74) is 3.12. The molecule has 1 aliphatic carbocycles. The average Bonchev–Trinajstić information content (AvgIpc) is 3.39. The third-order valence-corrected chi connectivity index (χ3v) is 4.21. The van der Waals surface area contributed by atoms with Gasteiger partial charge in [0.1, 0.15) is 0 Å². The van der Waals surface area contributed by atoms with E-state index in [4.69, 9.17) is 5.11 Å². The van der Waals surface area contributed by atoms with Crippen molar-refractivity contribution in [2.24, 2.45) is 0 Å². The monoisotopic (exact) mass is 309 g/mol. The molecule has 0 bridgehead atoms. The number of carboxylic acid groups (broad SMARTS) is 1. The standard InChI is InChI=1S/C19H19NO3/c1-12(19(22)23)14-4-3-7-17(11-14)20-18(21)16-6-2-5-15(10-16)13-8-9-13/h2-7,10-13H,8-9H2,1H3,(H,20,21)(H,22,23). The van der Waals surface area contributed by atoms with Crippen LogP contribution in [0.4, 0.5) is 5.69 Å². The summed E-state index contributed by atoms with van der Waals surface area (Å²) in [5, 5.41) is 11.9. The third-order valence-electron chi connectivity index (χ3n) is 4.21. The summed E-state index contributed by atoms with van der Waals surface area (Å²) in [5.74, 6) is -1.06. The molecule has 3 rings (SSSR count). The molecule has 0 aliphatic heterocycles. The van der Waals surface area contributed by atoms with Gasteiger partial charge in [-0.25, -0.2) is 0 Å². The van der Waals surface area contributed by atoms with Crippen LogP contribution in [0.2, 0.25) is 0 Å². The van der Waals surface area contributed by atoms with Crippen LogP contribution in [0, 0.1) is 0 Å². The van der Waals surface area contributed by atoms with Crippen LogP contribution in [0.3, 0.4) is 0 Å². The first kappa shape index (κ1) is 15.3. The Bertz CT molecular complexity index is 750. The fraction of sp³-hybridized carbons (Fsp3) is 0.263. The van der Waals surface area contributed by atoms with E-state index >= 15 is 0 Å². The molecule has 0 radical (unpaired) electrons. The van der Waals surface area contributed by atoms with Crippen molar-refractivity contribution in [1.82, 2.24) is 0 Å². The Labute approximate surface area is 135 Å². The van der Waals surface area contributed by atoms with Crippen LogP contribution in [0.25, 0.3) is 0 Å². The number of anilines is 1. The number of rotatable bonds is 5. The molecule has 2 N–H and O–H groups in total. The lowest BCUT2D eigenvalue weighted by molar-refractivity contribution is -0.138. The van der Waals surface area contributed by atoms with Gasteiger partial charge in [-0.3, -0.25) is 9.59 Å². The van der Waals surface area contributed by atoms with Crippen LogP contribution in [0.5, 0.6) is 0 Å². The van der Waals surface area contributed by atoms with Crippen molar-refractivity contribution >= 4 is 17.6 Å². The van der Waals surface area contributed by atoms with Crippen LogP contribution in [-0.2, 0) is 4.79 Å². The first-order valence-electron chi connectivity index (χ1n) is 7.78. The van der Waals surface area contributed by atoms with Crippen LogP contribution < -0.4 is 5.32 Å². The highest BCUT2D eigenvalue weighted by molar-refractivity contribution is 6.04. The minimum absolute atomic E-state index is 0.173. The lowest BCUT2D eigenvalue weighted by atomic mass is 10.0. The normalized spacial score (nSPS) is 15.0. The summed E-state index contributed by atoms with van der Waals surface area (Å²) < 4.78 is 0. The molecular weight excluding hydrogens is 290 g/mol. The van der Waals surface area contributed by atoms with Crippen molar-refractivity contribution in [1.29, 1.82) is 0 Å². The van der Waals surface area contributed by atoms with Crippen LogP contribution in [-0.4, -0.2) is 17.0 Å². The van der Waals surface area contributed by atoms with Crippen molar-refractivity contribution in [3.63, 3.8) is 0 Å². The van der Waals surface area contributed by atoms with Crippen molar-refractivity contribution in [3.8, 4) is 0 Å². The number of hydrogen-bond acceptors (Lipinski definition) is 2. The first-order valence-corrected chi connectivity index (χ1v) is 7.78. The number of carbonyl (C=O) groups is 2. The highest BCUT2D eigenvalue weighted by Gasteiger charge is 2.24. The lowest BCUT2D eigenvalue weighted by Crippen LogP contribution is -2.13. The van der Waals surface area contributed by atoms with E-state index in [1.54, 1.807) is 37.3 Å². The second-order valence-corrected chi connectivity index (χ2v) is 6.04. The molecule has 4 nitrogen and oxygen atoms in total. The molecule has 118 valence electrons. The second-order valence-electron chi connectivity index (χ2n) is 6.04. The van der Waals surface area contributed by atoms with Gasteiger partial charge in [-0.15, -0.1) is 0 Å². The van der Waals surface area contributed by atoms with E-state index in [1.807, 2.05) is 12.1 Å². The zero-order valence-corrected chi connectivity index (χ0v) is 13.0. The molecule has 0 saturated heterocycles. The fourth-order valence-electron chi connectivity index (χ4n) is 2.58. The van der Waals surface area contributed by atoms with Crippen LogP contribution >= 0.6 is 0 Å². The summed E-state index contributed by atoms with van der Waals surface area (Å²) in [6.45, 7) is 1.63. The minimum atomic E-state index is -0.884. The SMILES string of the molecule is CC(C(=O)O)c1cccc(NC(=O)c2cccc(C3CC3)c2)c1. The molecule has 1 saturated carbocycles. The van der Waals surface area contributed by atoms with Gasteiger partial charge in [-0.1, -0.05) is 24.3 Å². The largest absolute Gasteiger partial charge is 0.481 e. The summed E-state index contributed by atoms with van der Waals surface area (Å²) in [4.78, 5) is 23.5. The number of carboxylic acids is 1. The van der Waals surface area contributed by atoms with Crippen LogP contribution in [0.1, 0.15) is 53.1 Å². The number of benzene rings is 2. The summed E-state index contributed by atoms with van der Waals surface area (Å²) in [6.07, 6.45) is 2.39. The molecule has 23 heavy (non-hydrogen) atoms. The smallest absolute Gasteiger partial charge is 0.310 e. The van der Waals surface area contributed by atoms with E-state index in [2.05, 4.69) is 11.4 Å². The van der Waals surface area contributed by atoms with E-state index in [0.717, 1.165) is 0 Å². The van der Waals surface area contributed by atoms with Gasteiger partial charge in [-0.2, -0.15) is 0 Å². The van der Waals surface area contributed by atoms with Crippen molar-refractivity contribution < 1.29 is 14.7 Å². The zero-order chi connectivity index (χ0) is 16.4. The van der Waals surface area contributed by atoms with E-state index in [-0.39, 0.29) is 5.91 Å². The van der Waals surface area contributed by atoms with Gasteiger partial charge in [0.15, 0.2) is 0 Å². The van der Waals surface area contributed by atoms with Crippen molar-refractivity contribution in [2.75, 3.05) is 5.32 Å². The molecule has 2 aromatic rings. The number of aliphatic carboxylic acids is 1. The van der Waals surface area contributed by atoms with Crippen molar-refractivity contribution in [3.05, 3.63) is 65.2 Å². The Hall–Kier alpha value is -2.62. The van der Waals surface area contributed by atoms with Gasteiger partial charge in [0.25, 0.3) is 5.91 Å². The fourth-order valence-corrected chi connectivity index (χ4v) is 2.58. The van der Waals surface area contributed by atoms with Gasteiger partial charge < -0.3 is 10.4 Å². The summed E-state index contributed by atoms with van der Waals surface area (Å²) in [7, 11) is 0. The second kappa shape index (κ2) is 6.24. The maximum absolute atomic E-state index is 12.4. The lowest BCUT2D eigenvalue weighted by Gasteiger charge is -2.10. The predicted molar refractivity (Wildman–Crippen MR) is 88.9 cm³/mol. The average molecular weight is 309 g/mol. The summed E-state index contributed by atoms with van der Waals surface area (Å²) in [6, 6.07) is 14.7. The highest BCUT2D eigenvalue weighted by Crippen LogP contribution is 2.40. The molecule has 0 heterocycles. The zero-order valence-electron chi connectivity index (χ0n) is 13.0. The molecule has 1 amide bonds. The molecule has 0 spiro atoms. The Morgan fingerprint density at radius 2 is 1.87 bits per heavy atom. The first-order chi connectivity index (χ1) is 11.0. The van der Waals surface area contributed by atoms with E-state index in [9.17, 15) is 9.59 Å².